The fourth-order valence-electron chi connectivity index (χ4n) is 2.48. The molecular formula is C18H16ClF3N4O3. The van der Waals surface area contributed by atoms with Gasteiger partial charge in [-0.05, 0) is 49.6 Å². The summed E-state index contributed by atoms with van der Waals surface area (Å²) < 4.78 is 41.2. The van der Waals surface area contributed by atoms with E-state index in [4.69, 9.17) is 11.6 Å². The maximum absolute atomic E-state index is 12.5. The molecule has 0 radical (unpaired) electrons. The molecule has 1 fully saturated rings. The molecule has 1 unspecified atom stereocenters. The number of benzene rings is 1. The Kier molecular flexibility index (Phi) is 5.92. The number of nitrogens with zero attached hydrogens (tertiary/aromatic N) is 2. The predicted molar refractivity (Wildman–Crippen MR) is 97.4 cm³/mol. The molecule has 1 aliphatic rings. The zero-order chi connectivity index (χ0) is 21.2. The number of hydrogen-bond donors (Lipinski definition) is 2. The lowest BCUT2D eigenvalue weighted by Crippen LogP contribution is -2.28. The summed E-state index contributed by atoms with van der Waals surface area (Å²) in [6, 6.07) is 4.22. The van der Waals surface area contributed by atoms with E-state index in [2.05, 4.69) is 25.3 Å². The van der Waals surface area contributed by atoms with Gasteiger partial charge in [0.2, 0.25) is 11.9 Å². The number of anilines is 1. The van der Waals surface area contributed by atoms with E-state index in [1.165, 1.54) is 18.3 Å². The minimum Gasteiger partial charge on any atom is -0.406 e. The van der Waals surface area contributed by atoms with Gasteiger partial charge < -0.3 is 10.1 Å². The van der Waals surface area contributed by atoms with Crippen LogP contribution >= 0.6 is 11.6 Å². The lowest BCUT2D eigenvalue weighted by molar-refractivity contribution is -0.274. The summed E-state index contributed by atoms with van der Waals surface area (Å²) in [5.74, 6) is -1.33. The first-order chi connectivity index (χ1) is 13.6. The van der Waals surface area contributed by atoms with Crippen molar-refractivity contribution in [3.05, 3.63) is 46.7 Å². The third kappa shape index (κ3) is 6.05. The van der Waals surface area contributed by atoms with Gasteiger partial charge in [-0.3, -0.25) is 14.9 Å². The summed E-state index contributed by atoms with van der Waals surface area (Å²) in [5.41, 5.74) is 0.299. The molecule has 1 heterocycles. The van der Waals surface area contributed by atoms with Crippen molar-refractivity contribution in [1.82, 2.24) is 15.3 Å². The van der Waals surface area contributed by atoms with Crippen molar-refractivity contribution in [2.45, 2.75) is 32.2 Å². The molecule has 1 atom stereocenters. The number of rotatable bonds is 6. The van der Waals surface area contributed by atoms with E-state index >= 15 is 0 Å². The van der Waals surface area contributed by atoms with E-state index < -0.39 is 24.1 Å². The summed E-state index contributed by atoms with van der Waals surface area (Å²) in [6.45, 7) is 1.57. The average Bonchev–Trinajstić information content (AvgIpc) is 3.45. The Morgan fingerprint density at radius 2 is 2.00 bits per heavy atom. The molecule has 1 aliphatic carbocycles. The predicted octanol–water partition coefficient (Wildman–Crippen LogP) is 3.87. The van der Waals surface area contributed by atoms with Gasteiger partial charge in [-0.25, -0.2) is 9.97 Å². The molecule has 11 heteroatoms. The smallest absolute Gasteiger partial charge is 0.406 e. The van der Waals surface area contributed by atoms with Crippen molar-refractivity contribution < 1.29 is 27.5 Å². The number of amides is 2. The molecule has 2 N–H and O–H groups in total. The maximum atomic E-state index is 12.5. The largest absolute Gasteiger partial charge is 0.573 e. The monoisotopic (exact) mass is 428 g/mol. The van der Waals surface area contributed by atoms with Crippen LogP contribution in [-0.2, 0) is 4.79 Å². The van der Waals surface area contributed by atoms with Crippen LogP contribution in [0.3, 0.4) is 0 Å². The molecule has 7 nitrogen and oxygen atoms in total. The molecule has 0 saturated heterocycles. The van der Waals surface area contributed by atoms with Crippen LogP contribution in [0.4, 0.5) is 19.1 Å². The second-order valence-electron chi connectivity index (χ2n) is 6.49. The standard InChI is InChI=1S/C18H16ClF3N4O3/c1-9(11-6-12(19)8-13(7-11)29-18(20,21)22)24-16(28)14-4-5-23-17(25-14)26-15(27)10-2-3-10/h4-10H,2-3H2,1H3,(H,24,28)(H,23,25,26,27). The van der Waals surface area contributed by atoms with E-state index in [9.17, 15) is 22.8 Å². The van der Waals surface area contributed by atoms with E-state index in [0.717, 1.165) is 25.0 Å². The lowest BCUT2D eigenvalue weighted by atomic mass is 10.1. The average molecular weight is 429 g/mol. The fraction of sp³-hybridized carbons (Fsp3) is 0.333. The van der Waals surface area contributed by atoms with Crippen LogP contribution in [0, 0.1) is 5.92 Å². The normalized spacial score (nSPS) is 14.8. The maximum Gasteiger partial charge on any atom is 0.573 e. The first kappa shape index (κ1) is 20.8. The van der Waals surface area contributed by atoms with Crippen molar-refractivity contribution in [3.63, 3.8) is 0 Å². The topological polar surface area (TPSA) is 93.2 Å². The molecule has 1 aromatic carbocycles. The quantitative estimate of drug-likeness (QED) is 0.728. The number of carbonyl (C=O) groups is 2. The summed E-state index contributed by atoms with van der Waals surface area (Å²) in [5, 5.41) is 5.17. The van der Waals surface area contributed by atoms with Gasteiger partial charge in [0.1, 0.15) is 11.4 Å². The van der Waals surface area contributed by atoms with Crippen molar-refractivity contribution in [2.75, 3.05) is 5.32 Å². The van der Waals surface area contributed by atoms with Gasteiger partial charge in [-0.15, -0.1) is 13.2 Å². The Balaban J connectivity index is 1.69. The highest BCUT2D eigenvalue weighted by molar-refractivity contribution is 6.30. The van der Waals surface area contributed by atoms with Gasteiger partial charge in [0.15, 0.2) is 0 Å². The highest BCUT2D eigenvalue weighted by Gasteiger charge is 2.32. The minimum absolute atomic E-state index is 0.00539. The molecule has 2 aromatic rings. The van der Waals surface area contributed by atoms with Crippen LogP contribution in [-0.4, -0.2) is 28.1 Å². The molecule has 0 spiro atoms. The Morgan fingerprint density at radius 1 is 1.28 bits per heavy atom. The summed E-state index contributed by atoms with van der Waals surface area (Å²) in [4.78, 5) is 32.1. The summed E-state index contributed by atoms with van der Waals surface area (Å²) in [7, 11) is 0. The Hall–Kier alpha value is -2.88. The van der Waals surface area contributed by atoms with Crippen LogP contribution in [0.2, 0.25) is 5.02 Å². The van der Waals surface area contributed by atoms with Crippen LogP contribution < -0.4 is 15.4 Å². The number of ether oxygens (including phenoxy) is 1. The van der Waals surface area contributed by atoms with Crippen LogP contribution in [0.5, 0.6) is 5.75 Å². The van der Waals surface area contributed by atoms with E-state index in [1.807, 2.05) is 0 Å². The van der Waals surface area contributed by atoms with Crippen LogP contribution in [0.15, 0.2) is 30.5 Å². The van der Waals surface area contributed by atoms with Gasteiger partial charge in [0.05, 0.1) is 6.04 Å². The second-order valence-corrected chi connectivity index (χ2v) is 6.93. The van der Waals surface area contributed by atoms with Gasteiger partial charge in [-0.1, -0.05) is 11.6 Å². The van der Waals surface area contributed by atoms with Gasteiger partial charge in [-0.2, -0.15) is 0 Å². The summed E-state index contributed by atoms with van der Waals surface area (Å²) in [6.07, 6.45) is -1.92. The van der Waals surface area contributed by atoms with E-state index in [1.54, 1.807) is 6.92 Å². The molecule has 1 aromatic heterocycles. The number of carbonyl (C=O) groups excluding carboxylic acids is 2. The van der Waals surface area contributed by atoms with Gasteiger partial charge in [0.25, 0.3) is 5.91 Å². The SMILES string of the molecule is CC(NC(=O)c1ccnc(NC(=O)C2CC2)n1)c1cc(Cl)cc(OC(F)(F)F)c1. The number of halogens is 4. The summed E-state index contributed by atoms with van der Waals surface area (Å²) >= 11 is 5.86. The molecular weight excluding hydrogens is 413 g/mol. The molecule has 1 saturated carbocycles. The molecule has 154 valence electrons. The Morgan fingerprint density at radius 3 is 2.66 bits per heavy atom. The zero-order valence-electron chi connectivity index (χ0n) is 15.1. The zero-order valence-corrected chi connectivity index (χ0v) is 15.8. The Bertz CT molecular complexity index is 935. The number of aromatic nitrogens is 2. The third-order valence-corrected chi connectivity index (χ3v) is 4.26. The van der Waals surface area contributed by atoms with Crippen molar-refractivity contribution >= 4 is 29.4 Å². The molecule has 0 bridgehead atoms. The Labute approximate surface area is 168 Å². The van der Waals surface area contributed by atoms with Gasteiger partial charge in [0, 0.05) is 17.1 Å². The second kappa shape index (κ2) is 8.24. The van der Waals surface area contributed by atoms with Crippen molar-refractivity contribution in [2.24, 2.45) is 5.92 Å². The first-order valence-electron chi connectivity index (χ1n) is 8.62. The van der Waals surface area contributed by atoms with Crippen molar-refractivity contribution in [1.29, 1.82) is 0 Å². The molecule has 3 rings (SSSR count). The van der Waals surface area contributed by atoms with Gasteiger partial charge >= 0.3 is 6.36 Å². The fourth-order valence-corrected chi connectivity index (χ4v) is 2.72. The number of hydrogen-bond acceptors (Lipinski definition) is 5. The van der Waals surface area contributed by atoms with Crippen LogP contribution in [0.1, 0.15) is 41.9 Å². The minimum atomic E-state index is -4.86. The molecule has 0 aliphatic heterocycles. The highest BCUT2D eigenvalue weighted by Crippen LogP contribution is 2.30. The first-order valence-corrected chi connectivity index (χ1v) is 8.99. The number of alkyl halides is 3. The highest BCUT2D eigenvalue weighted by atomic mass is 35.5. The van der Waals surface area contributed by atoms with Crippen molar-refractivity contribution in [3.8, 4) is 5.75 Å². The van der Waals surface area contributed by atoms with E-state index in [-0.39, 0.29) is 28.5 Å². The van der Waals surface area contributed by atoms with Crippen LogP contribution in [0.25, 0.3) is 0 Å². The van der Waals surface area contributed by atoms with E-state index in [0.29, 0.717) is 5.56 Å². The molecule has 29 heavy (non-hydrogen) atoms. The third-order valence-electron chi connectivity index (χ3n) is 4.05. The lowest BCUT2D eigenvalue weighted by Gasteiger charge is -2.17. The number of nitrogens with one attached hydrogen (secondary N) is 2. The molecule has 2 amide bonds.